The molecule has 2 aromatic heterocycles. The van der Waals surface area contributed by atoms with Gasteiger partial charge in [0, 0.05) is 11.1 Å². The normalized spacial score (nSPS) is 29.7. The first-order valence-electron chi connectivity index (χ1n) is 14.0. The van der Waals surface area contributed by atoms with Crippen molar-refractivity contribution in [2.24, 2.45) is 0 Å². The third-order valence-electron chi connectivity index (χ3n) is 8.26. The van der Waals surface area contributed by atoms with E-state index in [9.17, 15) is 23.4 Å². The standard InChI is InChI=1S/C28H33F3N4O6S/c1-14-12-39-33-21(14)25(28(37)7-5-4-6-8-28)42-26-23(36)22(24-19(40-26)13-38-27(2,3)41-24)35-11-18(32-34-35)15-9-16(29)20(31)17(30)10-15/h9-12,19,22-26,36-37H,4-8,13H2,1-3H3/t19-,22-,23-,24+,25?,26+/m1/s1. The minimum atomic E-state index is -1.58. The van der Waals surface area contributed by atoms with Crippen molar-refractivity contribution in [2.75, 3.05) is 6.61 Å². The number of rotatable bonds is 6. The second-order valence-electron chi connectivity index (χ2n) is 11.7. The topological polar surface area (TPSA) is 125 Å². The van der Waals surface area contributed by atoms with Crippen molar-refractivity contribution in [1.29, 1.82) is 0 Å². The van der Waals surface area contributed by atoms with E-state index < -0.39 is 63.9 Å². The van der Waals surface area contributed by atoms with Gasteiger partial charge in [0.05, 0.1) is 23.7 Å². The van der Waals surface area contributed by atoms with E-state index in [1.165, 1.54) is 28.9 Å². The van der Waals surface area contributed by atoms with Gasteiger partial charge in [-0.05, 0) is 45.7 Å². The largest absolute Gasteiger partial charge is 0.388 e. The van der Waals surface area contributed by atoms with Crippen molar-refractivity contribution in [3.05, 3.63) is 53.3 Å². The summed E-state index contributed by atoms with van der Waals surface area (Å²) < 4.78 is 66.6. The number of aliphatic hydroxyl groups is 2. The van der Waals surface area contributed by atoms with Crippen LogP contribution in [0.25, 0.3) is 11.3 Å². The van der Waals surface area contributed by atoms with Gasteiger partial charge in [0.25, 0.3) is 0 Å². The number of nitrogens with zero attached hydrogens (tertiary/aromatic N) is 4. The lowest BCUT2D eigenvalue weighted by molar-refractivity contribution is -0.341. The molecule has 1 unspecified atom stereocenters. The third-order valence-corrected chi connectivity index (χ3v) is 9.85. The van der Waals surface area contributed by atoms with Gasteiger partial charge >= 0.3 is 0 Å². The Morgan fingerprint density at radius 3 is 2.50 bits per heavy atom. The van der Waals surface area contributed by atoms with E-state index in [0.717, 1.165) is 37.0 Å². The van der Waals surface area contributed by atoms with Crippen molar-refractivity contribution in [1.82, 2.24) is 20.2 Å². The minimum Gasteiger partial charge on any atom is -0.388 e. The number of hydrogen-bond acceptors (Lipinski definition) is 10. The first-order valence-corrected chi connectivity index (χ1v) is 14.9. The van der Waals surface area contributed by atoms with E-state index >= 15 is 0 Å². The number of ether oxygens (including phenoxy) is 3. The van der Waals surface area contributed by atoms with Gasteiger partial charge in [-0.1, -0.05) is 29.6 Å². The molecule has 0 spiro atoms. The Morgan fingerprint density at radius 2 is 1.83 bits per heavy atom. The molecular weight excluding hydrogens is 577 g/mol. The molecule has 1 saturated carbocycles. The van der Waals surface area contributed by atoms with Crippen LogP contribution in [0.2, 0.25) is 0 Å². The zero-order valence-electron chi connectivity index (χ0n) is 23.4. The molecule has 2 aliphatic heterocycles. The highest BCUT2D eigenvalue weighted by molar-refractivity contribution is 8.00. The van der Waals surface area contributed by atoms with E-state index in [1.54, 1.807) is 13.8 Å². The zero-order chi connectivity index (χ0) is 29.8. The smallest absolute Gasteiger partial charge is 0.194 e. The molecule has 14 heteroatoms. The van der Waals surface area contributed by atoms with Gasteiger partial charge in [-0.2, -0.15) is 0 Å². The fraction of sp³-hybridized carbons (Fsp3) is 0.607. The Kier molecular flexibility index (Phi) is 7.90. The molecule has 0 radical (unpaired) electrons. The second kappa shape index (κ2) is 11.2. The van der Waals surface area contributed by atoms with E-state index in [2.05, 4.69) is 15.5 Å². The highest BCUT2D eigenvalue weighted by atomic mass is 32.2. The molecule has 0 bridgehead atoms. The van der Waals surface area contributed by atoms with Gasteiger partial charge in [0.1, 0.15) is 47.4 Å². The molecule has 6 rings (SSSR count). The van der Waals surface area contributed by atoms with Crippen LogP contribution in [0.3, 0.4) is 0 Å². The van der Waals surface area contributed by atoms with Crippen molar-refractivity contribution in [3.8, 4) is 11.3 Å². The third kappa shape index (κ3) is 5.48. The minimum absolute atomic E-state index is 0.0176. The highest BCUT2D eigenvalue weighted by Crippen LogP contribution is 2.51. The van der Waals surface area contributed by atoms with E-state index in [0.29, 0.717) is 18.5 Å². The van der Waals surface area contributed by atoms with Crippen LogP contribution in [-0.4, -0.2) is 72.1 Å². The van der Waals surface area contributed by atoms with Crippen LogP contribution < -0.4 is 0 Å². The van der Waals surface area contributed by atoms with Crippen molar-refractivity contribution in [3.63, 3.8) is 0 Å². The zero-order valence-corrected chi connectivity index (χ0v) is 24.2. The lowest BCUT2D eigenvalue weighted by Gasteiger charge is -2.51. The van der Waals surface area contributed by atoms with Crippen molar-refractivity contribution < 1.29 is 42.1 Å². The summed E-state index contributed by atoms with van der Waals surface area (Å²) in [4.78, 5) is 0. The maximum absolute atomic E-state index is 14.0. The lowest BCUT2D eigenvalue weighted by Crippen LogP contribution is -2.61. The molecule has 2 saturated heterocycles. The Bertz CT molecular complexity index is 1410. The Hall–Kier alpha value is -2.49. The lowest BCUT2D eigenvalue weighted by atomic mass is 9.81. The molecule has 3 aliphatic rings. The van der Waals surface area contributed by atoms with Crippen LogP contribution >= 0.6 is 11.8 Å². The predicted octanol–water partition coefficient (Wildman–Crippen LogP) is 4.61. The van der Waals surface area contributed by atoms with Crippen LogP contribution in [-0.2, 0) is 14.2 Å². The SMILES string of the molecule is Cc1conc1C(S[C@@H]1O[C@@H]2COC(C)(C)O[C@@H]2[C@H](n2cc(-c3cc(F)c(F)c(F)c3)nn2)[C@H]1O)C1(O)CCCCC1. The van der Waals surface area contributed by atoms with Crippen LogP contribution in [0.5, 0.6) is 0 Å². The fourth-order valence-electron chi connectivity index (χ4n) is 6.06. The molecule has 2 N–H and O–H groups in total. The average Bonchev–Trinajstić information content (AvgIpc) is 3.60. The number of halogens is 3. The van der Waals surface area contributed by atoms with E-state index in [-0.39, 0.29) is 17.9 Å². The Labute approximate surface area is 244 Å². The van der Waals surface area contributed by atoms with Crippen LogP contribution in [0.4, 0.5) is 13.2 Å². The van der Waals surface area contributed by atoms with Gasteiger partial charge < -0.3 is 28.9 Å². The number of hydrogen-bond donors (Lipinski definition) is 2. The second-order valence-corrected chi connectivity index (χ2v) is 12.9. The summed E-state index contributed by atoms with van der Waals surface area (Å²) in [6.07, 6.45) is 4.21. The molecule has 1 aliphatic carbocycles. The van der Waals surface area contributed by atoms with Gasteiger partial charge in [-0.25, -0.2) is 17.9 Å². The number of aliphatic hydroxyl groups excluding tert-OH is 1. The Balaban J connectivity index is 1.35. The fourth-order valence-corrected chi connectivity index (χ4v) is 7.71. The first kappa shape index (κ1) is 29.6. The quantitative estimate of drug-likeness (QED) is 0.383. The van der Waals surface area contributed by atoms with E-state index in [1.807, 2.05) is 6.92 Å². The summed E-state index contributed by atoms with van der Waals surface area (Å²) in [5.74, 6) is -5.28. The van der Waals surface area contributed by atoms with Crippen LogP contribution in [0.1, 0.15) is 68.5 Å². The molecule has 3 fully saturated rings. The average molecular weight is 611 g/mol. The predicted molar refractivity (Wildman–Crippen MR) is 144 cm³/mol. The van der Waals surface area contributed by atoms with Gasteiger partial charge in [-0.15, -0.1) is 16.9 Å². The molecule has 10 nitrogen and oxygen atoms in total. The molecule has 3 aromatic rings. The summed E-state index contributed by atoms with van der Waals surface area (Å²) in [5, 5.41) is 35.5. The molecule has 6 atom stereocenters. The number of aryl methyl sites for hydroxylation is 1. The number of benzene rings is 1. The summed E-state index contributed by atoms with van der Waals surface area (Å²) in [6, 6.07) is 0.803. The highest BCUT2D eigenvalue weighted by Gasteiger charge is 2.54. The number of fused-ring (bicyclic) bond motifs is 1. The monoisotopic (exact) mass is 610 g/mol. The van der Waals surface area contributed by atoms with E-state index in [4.69, 9.17) is 18.7 Å². The summed E-state index contributed by atoms with van der Waals surface area (Å²) in [5.41, 5.74) is -0.567. The summed E-state index contributed by atoms with van der Waals surface area (Å²) in [7, 11) is 0. The Morgan fingerprint density at radius 1 is 1.12 bits per heavy atom. The van der Waals surface area contributed by atoms with Gasteiger partial charge in [-0.3, -0.25) is 0 Å². The van der Waals surface area contributed by atoms with Crippen LogP contribution in [0.15, 0.2) is 29.1 Å². The van der Waals surface area contributed by atoms with Crippen molar-refractivity contribution in [2.45, 2.75) is 99.3 Å². The van der Waals surface area contributed by atoms with Gasteiger partial charge in [0.2, 0.25) is 0 Å². The van der Waals surface area contributed by atoms with Gasteiger partial charge in [0.15, 0.2) is 23.2 Å². The number of thioether (sulfide) groups is 1. The molecular formula is C28H33F3N4O6S. The maximum Gasteiger partial charge on any atom is 0.194 e. The van der Waals surface area contributed by atoms with Crippen molar-refractivity contribution >= 4 is 11.8 Å². The van der Waals surface area contributed by atoms with Crippen LogP contribution in [0, 0.1) is 24.4 Å². The summed E-state index contributed by atoms with van der Waals surface area (Å²) in [6.45, 7) is 5.50. The molecule has 228 valence electrons. The molecule has 0 amide bonds. The first-order chi connectivity index (χ1) is 20.0. The molecule has 42 heavy (non-hydrogen) atoms. The molecule has 4 heterocycles. The molecule has 1 aromatic carbocycles. The maximum atomic E-state index is 14.0. The number of aromatic nitrogens is 4. The summed E-state index contributed by atoms with van der Waals surface area (Å²) >= 11 is 1.26.